The molecular weight excluding hydrogens is 288 g/mol. The number of hydrogen-bond donors (Lipinski definition) is 1. The highest BCUT2D eigenvalue weighted by Crippen LogP contribution is 2.65. The van der Waals surface area contributed by atoms with Crippen LogP contribution in [0.2, 0.25) is 0 Å². The molecule has 3 nitrogen and oxygen atoms in total. The molecule has 0 amide bonds. The summed E-state index contributed by atoms with van der Waals surface area (Å²) in [5.74, 6) is 0.779. The maximum atomic E-state index is 12.6. The van der Waals surface area contributed by atoms with Crippen molar-refractivity contribution in [3.63, 3.8) is 0 Å². The maximum Gasteiger partial charge on any atom is 0.136 e. The largest absolute Gasteiger partial charge is 0.389 e. The van der Waals surface area contributed by atoms with Crippen LogP contribution in [0.1, 0.15) is 72.6 Å². The van der Waals surface area contributed by atoms with Gasteiger partial charge < -0.3 is 9.90 Å². The average Bonchev–Trinajstić information content (AvgIpc) is 2.50. The summed E-state index contributed by atoms with van der Waals surface area (Å²) in [6, 6.07) is 0. The molecule has 23 heavy (non-hydrogen) atoms. The Balaban J connectivity index is 2.09. The standard InChI is InChI=1S/C20H32O3/c1-13(2)20(23)11-8-15(22)14-6-7-16-18(3,12-21)9-5-10-19(16,4)17(14)20/h12-14,16-17,23H,5-11H2,1-4H3/t14-,16+,17+,18+,19-,20+/m0/s1. The highest BCUT2D eigenvalue weighted by Gasteiger charge is 2.64. The van der Waals surface area contributed by atoms with E-state index < -0.39 is 5.60 Å². The van der Waals surface area contributed by atoms with Gasteiger partial charge in [0, 0.05) is 23.7 Å². The van der Waals surface area contributed by atoms with Crippen LogP contribution in [-0.2, 0) is 9.59 Å². The van der Waals surface area contributed by atoms with Crippen molar-refractivity contribution >= 4 is 12.1 Å². The van der Waals surface area contributed by atoms with Gasteiger partial charge in [0.1, 0.15) is 12.1 Å². The third kappa shape index (κ3) is 2.26. The van der Waals surface area contributed by atoms with Crippen LogP contribution in [0, 0.1) is 34.5 Å². The van der Waals surface area contributed by atoms with Gasteiger partial charge in [-0.15, -0.1) is 0 Å². The Hall–Kier alpha value is -0.700. The lowest BCUT2D eigenvalue weighted by Crippen LogP contribution is -2.64. The molecule has 3 rings (SSSR count). The molecule has 3 saturated carbocycles. The Morgan fingerprint density at radius 2 is 1.87 bits per heavy atom. The SMILES string of the molecule is CC(C)[C@]1(O)CCC(=O)[C@@H]2CC[C@H]3[C@](C)(CCC[C@]3(C)C=O)[C@@H]21. The molecule has 0 radical (unpaired) electrons. The lowest BCUT2D eigenvalue weighted by Gasteiger charge is -2.64. The third-order valence-corrected chi connectivity index (χ3v) is 7.90. The average molecular weight is 320 g/mol. The molecule has 130 valence electrons. The number of rotatable bonds is 2. The van der Waals surface area contributed by atoms with Gasteiger partial charge in [-0.2, -0.15) is 0 Å². The van der Waals surface area contributed by atoms with Crippen molar-refractivity contribution in [2.24, 2.45) is 34.5 Å². The summed E-state index contributed by atoms with van der Waals surface area (Å²) in [4.78, 5) is 24.5. The Kier molecular flexibility index (Phi) is 4.03. The fraction of sp³-hybridized carbons (Fsp3) is 0.900. The van der Waals surface area contributed by atoms with E-state index in [2.05, 4.69) is 27.7 Å². The first-order chi connectivity index (χ1) is 10.7. The molecular formula is C20H32O3. The van der Waals surface area contributed by atoms with Gasteiger partial charge in [-0.05, 0) is 49.4 Å². The smallest absolute Gasteiger partial charge is 0.136 e. The topological polar surface area (TPSA) is 54.4 Å². The predicted octanol–water partition coefficient (Wildman–Crippen LogP) is 3.77. The summed E-state index contributed by atoms with van der Waals surface area (Å²) in [6.07, 6.45) is 7.07. The molecule has 3 aliphatic carbocycles. The van der Waals surface area contributed by atoms with Crippen molar-refractivity contribution in [1.29, 1.82) is 0 Å². The summed E-state index contributed by atoms with van der Waals surface area (Å²) in [5, 5.41) is 11.6. The molecule has 0 spiro atoms. The first-order valence-corrected chi connectivity index (χ1v) is 9.40. The minimum atomic E-state index is -0.771. The summed E-state index contributed by atoms with van der Waals surface area (Å²) in [5.41, 5.74) is -1.17. The number of Topliss-reactive ketones (excluding diaryl/α,β-unsaturated/α-hetero) is 1. The minimum Gasteiger partial charge on any atom is -0.389 e. The number of ketones is 1. The van der Waals surface area contributed by atoms with Crippen LogP contribution in [0.5, 0.6) is 0 Å². The summed E-state index contributed by atoms with van der Waals surface area (Å²) >= 11 is 0. The fourth-order valence-electron chi connectivity index (χ4n) is 6.68. The quantitative estimate of drug-likeness (QED) is 0.788. The Labute approximate surface area is 140 Å². The first kappa shape index (κ1) is 17.1. The van der Waals surface area contributed by atoms with Crippen LogP contribution < -0.4 is 0 Å². The van der Waals surface area contributed by atoms with Crippen LogP contribution in [0.15, 0.2) is 0 Å². The number of hydrogen-bond acceptors (Lipinski definition) is 3. The van der Waals surface area contributed by atoms with Crippen LogP contribution in [0.25, 0.3) is 0 Å². The molecule has 1 N–H and O–H groups in total. The number of aldehydes is 1. The highest BCUT2D eigenvalue weighted by atomic mass is 16.3. The second kappa shape index (κ2) is 5.40. The van der Waals surface area contributed by atoms with E-state index >= 15 is 0 Å². The van der Waals surface area contributed by atoms with Crippen LogP contribution in [0.4, 0.5) is 0 Å². The normalized spacial score (nSPS) is 50.3. The molecule has 3 fully saturated rings. The Morgan fingerprint density at radius 1 is 1.17 bits per heavy atom. The third-order valence-electron chi connectivity index (χ3n) is 7.90. The van der Waals surface area contributed by atoms with E-state index in [4.69, 9.17) is 0 Å². The van der Waals surface area contributed by atoms with E-state index in [1.54, 1.807) is 0 Å². The zero-order chi connectivity index (χ0) is 17.0. The van der Waals surface area contributed by atoms with E-state index in [-0.39, 0.29) is 28.6 Å². The van der Waals surface area contributed by atoms with Gasteiger partial charge in [0.05, 0.1) is 5.60 Å². The van der Waals surface area contributed by atoms with E-state index in [9.17, 15) is 14.7 Å². The molecule has 0 bridgehead atoms. The monoisotopic (exact) mass is 320 g/mol. The second-order valence-corrected chi connectivity index (χ2v) is 9.31. The van der Waals surface area contributed by atoms with Crippen molar-refractivity contribution in [3.05, 3.63) is 0 Å². The fourth-order valence-corrected chi connectivity index (χ4v) is 6.68. The molecule has 0 unspecified atom stereocenters. The van der Waals surface area contributed by atoms with E-state index in [1.165, 1.54) is 0 Å². The minimum absolute atomic E-state index is 0.00796. The number of fused-ring (bicyclic) bond motifs is 3. The Bertz CT molecular complexity index is 513. The molecule has 3 aliphatic rings. The van der Waals surface area contributed by atoms with E-state index in [0.29, 0.717) is 24.5 Å². The molecule has 0 aromatic rings. The number of aliphatic hydroxyl groups is 1. The second-order valence-electron chi connectivity index (χ2n) is 9.31. The van der Waals surface area contributed by atoms with E-state index in [0.717, 1.165) is 38.4 Å². The number of carbonyl (C=O) groups excluding carboxylic acids is 2. The molecule has 6 atom stereocenters. The van der Waals surface area contributed by atoms with Crippen molar-refractivity contribution < 1.29 is 14.7 Å². The van der Waals surface area contributed by atoms with Crippen molar-refractivity contribution in [3.8, 4) is 0 Å². The zero-order valence-electron chi connectivity index (χ0n) is 15.1. The van der Waals surface area contributed by atoms with Gasteiger partial charge >= 0.3 is 0 Å². The summed E-state index contributed by atoms with van der Waals surface area (Å²) in [7, 11) is 0. The van der Waals surface area contributed by atoms with Gasteiger partial charge in [0.15, 0.2) is 0 Å². The molecule has 0 saturated heterocycles. The van der Waals surface area contributed by atoms with Crippen LogP contribution >= 0.6 is 0 Å². The summed E-state index contributed by atoms with van der Waals surface area (Å²) < 4.78 is 0. The first-order valence-electron chi connectivity index (χ1n) is 9.40. The van der Waals surface area contributed by atoms with Gasteiger partial charge in [0.2, 0.25) is 0 Å². The van der Waals surface area contributed by atoms with Crippen LogP contribution in [0.3, 0.4) is 0 Å². The van der Waals surface area contributed by atoms with Crippen molar-refractivity contribution in [2.45, 2.75) is 78.2 Å². The van der Waals surface area contributed by atoms with Gasteiger partial charge in [-0.3, -0.25) is 4.79 Å². The molecule has 3 heteroatoms. The van der Waals surface area contributed by atoms with Crippen molar-refractivity contribution in [2.75, 3.05) is 0 Å². The van der Waals surface area contributed by atoms with Gasteiger partial charge in [-0.1, -0.05) is 34.1 Å². The lowest BCUT2D eigenvalue weighted by molar-refractivity contribution is -0.208. The van der Waals surface area contributed by atoms with Gasteiger partial charge in [-0.25, -0.2) is 0 Å². The van der Waals surface area contributed by atoms with Gasteiger partial charge in [0.25, 0.3) is 0 Å². The molecule has 0 aromatic carbocycles. The maximum absolute atomic E-state index is 12.6. The molecule has 0 heterocycles. The Morgan fingerprint density at radius 3 is 2.48 bits per heavy atom. The highest BCUT2D eigenvalue weighted by molar-refractivity contribution is 5.83. The molecule has 0 aliphatic heterocycles. The van der Waals surface area contributed by atoms with Crippen LogP contribution in [-0.4, -0.2) is 22.8 Å². The van der Waals surface area contributed by atoms with Crippen molar-refractivity contribution in [1.82, 2.24) is 0 Å². The number of carbonyl (C=O) groups is 2. The predicted molar refractivity (Wildman–Crippen MR) is 89.9 cm³/mol. The summed E-state index contributed by atoms with van der Waals surface area (Å²) in [6.45, 7) is 8.53. The zero-order valence-corrected chi connectivity index (χ0v) is 15.1. The lowest BCUT2D eigenvalue weighted by atomic mass is 9.41. The molecule has 0 aromatic heterocycles. The van der Waals surface area contributed by atoms with E-state index in [1.807, 2.05) is 0 Å².